The van der Waals surface area contributed by atoms with Crippen LogP contribution in [-0.4, -0.2) is 90.4 Å². The van der Waals surface area contributed by atoms with Gasteiger partial charge in [-0.15, -0.1) is 0 Å². The summed E-state index contributed by atoms with van der Waals surface area (Å²) in [4.78, 5) is 27.1. The third-order valence-electron chi connectivity index (χ3n) is 4.64. The minimum absolute atomic E-state index is 0.0214. The van der Waals surface area contributed by atoms with Gasteiger partial charge in [0.2, 0.25) is 0 Å². The first kappa shape index (κ1) is 17.9. The van der Waals surface area contributed by atoms with Gasteiger partial charge in [-0.2, -0.15) is 0 Å². The highest BCUT2D eigenvalue weighted by atomic mass is 16.5. The third kappa shape index (κ3) is 5.02. The van der Waals surface area contributed by atoms with Gasteiger partial charge >= 0.3 is 6.03 Å². The molecule has 2 aliphatic rings. The van der Waals surface area contributed by atoms with Crippen LogP contribution < -0.4 is 10.2 Å². The predicted octanol–water partition coefficient (Wildman–Crippen LogP) is 0.417. The van der Waals surface area contributed by atoms with Gasteiger partial charge in [-0.3, -0.25) is 9.88 Å². The summed E-state index contributed by atoms with van der Waals surface area (Å²) < 4.78 is 5.73. The lowest BCUT2D eigenvalue weighted by atomic mass is 10.2. The molecule has 0 unspecified atom stereocenters. The smallest absolute Gasteiger partial charge is 0.317 e. The summed E-state index contributed by atoms with van der Waals surface area (Å²) in [5.41, 5.74) is 0. The molecule has 0 aromatic carbocycles. The second-order valence-electron chi connectivity index (χ2n) is 6.79. The third-order valence-corrected chi connectivity index (χ3v) is 4.64. The van der Waals surface area contributed by atoms with E-state index < -0.39 is 0 Å². The van der Waals surface area contributed by atoms with E-state index in [1.165, 1.54) is 0 Å². The summed E-state index contributed by atoms with van der Waals surface area (Å²) in [6.45, 7) is 10.5. The van der Waals surface area contributed by atoms with E-state index in [9.17, 15) is 4.79 Å². The molecule has 3 rings (SSSR count). The maximum absolute atomic E-state index is 12.3. The van der Waals surface area contributed by atoms with E-state index in [4.69, 9.17) is 4.74 Å². The van der Waals surface area contributed by atoms with Gasteiger partial charge in [-0.1, -0.05) is 0 Å². The fraction of sp³-hybridized carbons (Fsp3) is 0.706. The van der Waals surface area contributed by atoms with Crippen LogP contribution in [0.3, 0.4) is 0 Å². The Morgan fingerprint density at radius 2 is 1.92 bits per heavy atom. The lowest BCUT2D eigenvalue weighted by Gasteiger charge is -2.36. The standard InChI is InChI=1S/C17H28N6O2/c1-14-12-21(13-15(2)25-14)6-5-20-17(24)23-9-7-22(8-10-23)16-11-18-3-4-19-16/h3-4,11,14-15H,5-10,12-13H2,1-2H3,(H,20,24)/t14-,15-/m1/s1. The first-order chi connectivity index (χ1) is 12.1. The van der Waals surface area contributed by atoms with Crippen LogP contribution in [0.25, 0.3) is 0 Å². The molecule has 2 fully saturated rings. The first-order valence-corrected chi connectivity index (χ1v) is 9.03. The lowest BCUT2D eigenvalue weighted by Crippen LogP contribution is -2.53. The number of aromatic nitrogens is 2. The molecule has 0 bridgehead atoms. The molecular formula is C17H28N6O2. The van der Waals surface area contributed by atoms with E-state index in [1.54, 1.807) is 18.6 Å². The summed E-state index contributed by atoms with van der Waals surface area (Å²) in [5, 5.41) is 3.04. The number of urea groups is 1. The Balaban J connectivity index is 1.37. The number of carbonyl (C=O) groups is 1. The molecule has 8 nitrogen and oxygen atoms in total. The number of hydrogen-bond acceptors (Lipinski definition) is 6. The van der Waals surface area contributed by atoms with Crippen molar-refractivity contribution in [3.63, 3.8) is 0 Å². The Bertz CT molecular complexity index is 539. The molecule has 0 spiro atoms. The van der Waals surface area contributed by atoms with Crippen molar-refractivity contribution in [3.8, 4) is 0 Å². The van der Waals surface area contributed by atoms with Crippen LogP contribution >= 0.6 is 0 Å². The van der Waals surface area contributed by atoms with Crippen molar-refractivity contribution >= 4 is 11.8 Å². The molecule has 2 atom stereocenters. The second kappa shape index (κ2) is 8.44. The monoisotopic (exact) mass is 348 g/mol. The molecule has 1 N–H and O–H groups in total. The Morgan fingerprint density at radius 3 is 2.56 bits per heavy atom. The predicted molar refractivity (Wildman–Crippen MR) is 95.7 cm³/mol. The first-order valence-electron chi connectivity index (χ1n) is 9.03. The number of nitrogens with zero attached hydrogens (tertiary/aromatic N) is 5. The number of piperazine rings is 1. The molecule has 0 radical (unpaired) electrons. The highest BCUT2D eigenvalue weighted by molar-refractivity contribution is 5.74. The van der Waals surface area contributed by atoms with E-state index in [0.717, 1.165) is 38.5 Å². The van der Waals surface area contributed by atoms with E-state index in [0.29, 0.717) is 19.6 Å². The van der Waals surface area contributed by atoms with Gasteiger partial charge in [0.15, 0.2) is 0 Å². The van der Waals surface area contributed by atoms with Crippen LogP contribution in [0.1, 0.15) is 13.8 Å². The average molecular weight is 348 g/mol. The van der Waals surface area contributed by atoms with Gasteiger partial charge in [-0.25, -0.2) is 9.78 Å². The molecular weight excluding hydrogens is 320 g/mol. The summed E-state index contributed by atoms with van der Waals surface area (Å²) in [6, 6.07) is 0.0214. The van der Waals surface area contributed by atoms with Crippen molar-refractivity contribution < 1.29 is 9.53 Å². The molecule has 0 aliphatic carbocycles. The number of nitrogens with one attached hydrogen (secondary N) is 1. The van der Waals surface area contributed by atoms with Crippen LogP contribution in [0.4, 0.5) is 10.6 Å². The number of ether oxygens (including phenoxy) is 1. The molecule has 138 valence electrons. The van der Waals surface area contributed by atoms with Gasteiger partial charge in [0.25, 0.3) is 0 Å². The highest BCUT2D eigenvalue weighted by Crippen LogP contribution is 2.12. The van der Waals surface area contributed by atoms with Crippen LogP contribution in [0, 0.1) is 0 Å². The highest BCUT2D eigenvalue weighted by Gasteiger charge is 2.23. The van der Waals surface area contributed by atoms with Gasteiger partial charge < -0.3 is 19.9 Å². The normalized spacial score (nSPS) is 25.0. The number of anilines is 1. The molecule has 2 saturated heterocycles. The van der Waals surface area contributed by atoms with E-state index in [2.05, 4.69) is 38.9 Å². The largest absolute Gasteiger partial charge is 0.373 e. The molecule has 8 heteroatoms. The minimum atomic E-state index is 0.0214. The Hall–Kier alpha value is -1.93. The zero-order valence-electron chi connectivity index (χ0n) is 15.1. The van der Waals surface area contributed by atoms with Gasteiger partial charge in [-0.05, 0) is 13.8 Å². The summed E-state index contributed by atoms with van der Waals surface area (Å²) in [6.07, 6.45) is 5.65. The molecule has 3 heterocycles. The van der Waals surface area contributed by atoms with Crippen LogP contribution in [0.15, 0.2) is 18.6 Å². The van der Waals surface area contributed by atoms with E-state index in [1.807, 2.05) is 4.90 Å². The van der Waals surface area contributed by atoms with Crippen LogP contribution in [0.2, 0.25) is 0 Å². The van der Waals surface area contributed by atoms with Gasteiger partial charge in [0, 0.05) is 64.8 Å². The second-order valence-corrected chi connectivity index (χ2v) is 6.79. The minimum Gasteiger partial charge on any atom is -0.373 e. The Morgan fingerprint density at radius 1 is 1.20 bits per heavy atom. The summed E-state index contributed by atoms with van der Waals surface area (Å²) in [7, 11) is 0. The van der Waals surface area contributed by atoms with E-state index >= 15 is 0 Å². The Labute approximate surface area is 149 Å². The van der Waals surface area contributed by atoms with Crippen molar-refractivity contribution in [3.05, 3.63) is 18.6 Å². The quantitative estimate of drug-likeness (QED) is 0.850. The molecule has 1 aromatic heterocycles. The molecule has 2 amide bonds. The summed E-state index contributed by atoms with van der Waals surface area (Å²) >= 11 is 0. The van der Waals surface area contributed by atoms with Crippen LogP contribution in [-0.2, 0) is 4.74 Å². The van der Waals surface area contributed by atoms with Crippen molar-refractivity contribution in [2.75, 3.05) is 57.3 Å². The fourth-order valence-corrected chi connectivity index (χ4v) is 3.49. The number of rotatable bonds is 4. The Kier molecular flexibility index (Phi) is 6.04. The zero-order valence-corrected chi connectivity index (χ0v) is 15.1. The molecule has 0 saturated carbocycles. The maximum Gasteiger partial charge on any atom is 0.317 e. The van der Waals surface area contributed by atoms with Crippen molar-refractivity contribution in [2.24, 2.45) is 0 Å². The number of hydrogen-bond donors (Lipinski definition) is 1. The van der Waals surface area contributed by atoms with E-state index in [-0.39, 0.29) is 18.2 Å². The number of amides is 2. The van der Waals surface area contributed by atoms with Crippen molar-refractivity contribution in [1.29, 1.82) is 0 Å². The topological polar surface area (TPSA) is 73.8 Å². The van der Waals surface area contributed by atoms with Crippen LogP contribution in [0.5, 0.6) is 0 Å². The molecule has 2 aliphatic heterocycles. The van der Waals surface area contributed by atoms with Crippen molar-refractivity contribution in [1.82, 2.24) is 25.1 Å². The average Bonchev–Trinajstić information content (AvgIpc) is 2.62. The SMILES string of the molecule is C[C@@H]1CN(CCNC(=O)N2CCN(c3cnccn3)CC2)C[C@@H](C)O1. The number of carbonyl (C=O) groups excluding carboxylic acids is 1. The fourth-order valence-electron chi connectivity index (χ4n) is 3.49. The van der Waals surface area contributed by atoms with Crippen molar-refractivity contribution in [2.45, 2.75) is 26.1 Å². The zero-order chi connectivity index (χ0) is 17.6. The van der Waals surface area contributed by atoms with Gasteiger partial charge in [0.05, 0.1) is 18.4 Å². The number of morpholine rings is 1. The van der Waals surface area contributed by atoms with Gasteiger partial charge in [0.1, 0.15) is 5.82 Å². The molecule has 25 heavy (non-hydrogen) atoms. The maximum atomic E-state index is 12.3. The lowest BCUT2D eigenvalue weighted by molar-refractivity contribution is -0.0672. The summed E-state index contributed by atoms with van der Waals surface area (Å²) in [5.74, 6) is 0.873. The molecule has 1 aromatic rings.